The second-order valence-electron chi connectivity index (χ2n) is 2.76. The smallest absolute Gasteiger partial charge is 0.316 e. The lowest BCUT2D eigenvalue weighted by Crippen LogP contribution is -1.92. The van der Waals surface area contributed by atoms with Crippen molar-refractivity contribution in [2.45, 2.75) is 6.92 Å². The zero-order valence-electron chi connectivity index (χ0n) is 7.89. The van der Waals surface area contributed by atoms with E-state index in [1.165, 1.54) is 7.11 Å². The topological polar surface area (TPSA) is 61.0 Å². The van der Waals surface area contributed by atoms with Crippen molar-refractivity contribution in [3.05, 3.63) is 24.0 Å². The zero-order valence-corrected chi connectivity index (χ0v) is 7.89. The Morgan fingerprint density at radius 3 is 2.93 bits per heavy atom. The summed E-state index contributed by atoms with van der Waals surface area (Å²) in [5.41, 5.74) is 1.48. The average molecular weight is 191 g/mol. The number of aryl methyl sites for hydroxylation is 1. The van der Waals surface area contributed by atoms with Gasteiger partial charge < -0.3 is 9.26 Å². The Morgan fingerprint density at radius 1 is 1.43 bits per heavy atom. The number of ether oxygens (including phenoxy) is 1. The molecule has 0 aliphatic heterocycles. The van der Waals surface area contributed by atoms with E-state index in [-0.39, 0.29) is 0 Å². The number of hydrogen-bond donors (Lipinski definition) is 0. The Bertz CT molecular complexity index is 439. The first-order valence-corrected chi connectivity index (χ1v) is 4.10. The van der Waals surface area contributed by atoms with E-state index >= 15 is 0 Å². The summed E-state index contributed by atoms with van der Waals surface area (Å²) in [7, 11) is 1.52. The minimum Gasteiger partial charge on any atom is -0.467 e. The molecule has 0 amide bonds. The molecule has 0 atom stereocenters. The standard InChI is InChI=1S/C9H9N3O2/c1-6-5-8(14-12-6)7-3-4-10-9(11-7)13-2/h3-5H,1-2H3. The Balaban J connectivity index is 2.41. The fourth-order valence-corrected chi connectivity index (χ4v) is 1.06. The quantitative estimate of drug-likeness (QED) is 0.718. The molecule has 0 radical (unpaired) electrons. The van der Waals surface area contributed by atoms with Crippen LogP contribution in [0.3, 0.4) is 0 Å². The Kier molecular flexibility index (Phi) is 2.14. The van der Waals surface area contributed by atoms with Gasteiger partial charge in [0.15, 0.2) is 5.76 Å². The minimum absolute atomic E-state index is 0.316. The molecule has 0 aliphatic carbocycles. The van der Waals surface area contributed by atoms with E-state index in [2.05, 4.69) is 15.1 Å². The summed E-state index contributed by atoms with van der Waals surface area (Å²) in [4.78, 5) is 8.00. The number of aromatic nitrogens is 3. The molecule has 2 heterocycles. The zero-order chi connectivity index (χ0) is 9.97. The van der Waals surface area contributed by atoms with Crippen molar-refractivity contribution in [2.24, 2.45) is 0 Å². The highest BCUT2D eigenvalue weighted by molar-refractivity contribution is 5.51. The van der Waals surface area contributed by atoms with Gasteiger partial charge in [-0.2, -0.15) is 4.98 Å². The van der Waals surface area contributed by atoms with Crippen molar-refractivity contribution in [3.8, 4) is 17.5 Å². The number of rotatable bonds is 2. The van der Waals surface area contributed by atoms with E-state index in [9.17, 15) is 0 Å². The molecule has 0 saturated carbocycles. The molecule has 5 nitrogen and oxygen atoms in total. The average Bonchev–Trinajstić information content (AvgIpc) is 2.65. The molecule has 0 spiro atoms. The van der Waals surface area contributed by atoms with Crippen LogP contribution < -0.4 is 4.74 Å². The SMILES string of the molecule is COc1nccc(-c2cc(C)no2)n1. The summed E-state index contributed by atoms with van der Waals surface area (Å²) in [5.74, 6) is 0.614. The normalized spacial score (nSPS) is 10.1. The molecule has 0 aromatic carbocycles. The maximum Gasteiger partial charge on any atom is 0.316 e. The summed E-state index contributed by atoms with van der Waals surface area (Å²) in [6, 6.07) is 3.86. The molecule has 5 heteroatoms. The molecule has 14 heavy (non-hydrogen) atoms. The first-order valence-electron chi connectivity index (χ1n) is 4.10. The molecule has 0 saturated heterocycles. The van der Waals surface area contributed by atoms with Gasteiger partial charge in [-0.15, -0.1) is 0 Å². The first-order chi connectivity index (χ1) is 6.79. The third-order valence-electron chi connectivity index (χ3n) is 1.70. The molecule has 0 N–H and O–H groups in total. The molecule has 0 fully saturated rings. The molecular weight excluding hydrogens is 182 g/mol. The second-order valence-corrected chi connectivity index (χ2v) is 2.76. The van der Waals surface area contributed by atoms with Crippen molar-refractivity contribution in [1.29, 1.82) is 0 Å². The molecule has 2 aromatic heterocycles. The van der Waals surface area contributed by atoms with Gasteiger partial charge in [-0.25, -0.2) is 4.98 Å². The van der Waals surface area contributed by atoms with Crippen LogP contribution in [0, 0.1) is 6.92 Å². The second kappa shape index (κ2) is 3.45. The lowest BCUT2D eigenvalue weighted by molar-refractivity contribution is 0.378. The Labute approximate surface area is 80.7 Å². The number of methoxy groups -OCH3 is 1. The van der Waals surface area contributed by atoms with E-state index in [1.54, 1.807) is 12.3 Å². The van der Waals surface area contributed by atoms with E-state index in [4.69, 9.17) is 9.26 Å². The van der Waals surface area contributed by atoms with Crippen molar-refractivity contribution in [3.63, 3.8) is 0 Å². The van der Waals surface area contributed by atoms with Crippen LogP contribution in [0.4, 0.5) is 0 Å². The minimum atomic E-state index is 0.316. The highest BCUT2D eigenvalue weighted by Crippen LogP contribution is 2.18. The third-order valence-corrected chi connectivity index (χ3v) is 1.70. The van der Waals surface area contributed by atoms with Crippen LogP contribution in [-0.2, 0) is 0 Å². The lowest BCUT2D eigenvalue weighted by Gasteiger charge is -1.97. The molecule has 0 unspecified atom stereocenters. The van der Waals surface area contributed by atoms with E-state index < -0.39 is 0 Å². The van der Waals surface area contributed by atoms with Crippen LogP contribution in [0.15, 0.2) is 22.9 Å². The van der Waals surface area contributed by atoms with Gasteiger partial charge >= 0.3 is 6.01 Å². The van der Waals surface area contributed by atoms with Gasteiger partial charge in [0.1, 0.15) is 5.69 Å². The van der Waals surface area contributed by atoms with Crippen LogP contribution in [-0.4, -0.2) is 22.2 Å². The van der Waals surface area contributed by atoms with Gasteiger partial charge in [-0.05, 0) is 13.0 Å². The summed E-state index contributed by atoms with van der Waals surface area (Å²) in [5, 5.41) is 3.77. The molecule has 0 bridgehead atoms. The monoisotopic (exact) mass is 191 g/mol. The van der Waals surface area contributed by atoms with Gasteiger partial charge in [0.25, 0.3) is 0 Å². The maximum absolute atomic E-state index is 5.05. The molecular formula is C9H9N3O2. The first kappa shape index (κ1) is 8.68. The molecule has 2 aromatic rings. The highest BCUT2D eigenvalue weighted by atomic mass is 16.5. The maximum atomic E-state index is 5.05. The summed E-state index contributed by atoms with van der Waals surface area (Å²) < 4.78 is 9.95. The Morgan fingerprint density at radius 2 is 2.29 bits per heavy atom. The number of nitrogens with zero attached hydrogens (tertiary/aromatic N) is 3. The fourth-order valence-electron chi connectivity index (χ4n) is 1.06. The lowest BCUT2D eigenvalue weighted by atomic mass is 10.3. The van der Waals surface area contributed by atoms with E-state index in [0.717, 1.165) is 5.69 Å². The van der Waals surface area contributed by atoms with Crippen molar-refractivity contribution in [1.82, 2.24) is 15.1 Å². The van der Waals surface area contributed by atoms with Gasteiger partial charge in [0.2, 0.25) is 0 Å². The van der Waals surface area contributed by atoms with Gasteiger partial charge in [-0.1, -0.05) is 5.16 Å². The van der Waals surface area contributed by atoms with Crippen LogP contribution in [0.2, 0.25) is 0 Å². The Hall–Kier alpha value is -1.91. The molecule has 72 valence electrons. The van der Waals surface area contributed by atoms with Crippen LogP contribution in [0.25, 0.3) is 11.5 Å². The van der Waals surface area contributed by atoms with E-state index in [0.29, 0.717) is 17.5 Å². The molecule has 0 aliphatic rings. The largest absolute Gasteiger partial charge is 0.467 e. The van der Waals surface area contributed by atoms with Crippen LogP contribution in [0.5, 0.6) is 6.01 Å². The van der Waals surface area contributed by atoms with E-state index in [1.807, 2.05) is 13.0 Å². The van der Waals surface area contributed by atoms with Gasteiger partial charge in [-0.3, -0.25) is 0 Å². The van der Waals surface area contributed by atoms with Crippen molar-refractivity contribution < 1.29 is 9.26 Å². The summed E-state index contributed by atoms with van der Waals surface area (Å²) in [6.45, 7) is 1.85. The van der Waals surface area contributed by atoms with Crippen molar-refractivity contribution >= 4 is 0 Å². The number of hydrogen-bond acceptors (Lipinski definition) is 5. The van der Waals surface area contributed by atoms with Crippen molar-refractivity contribution in [2.75, 3.05) is 7.11 Å². The van der Waals surface area contributed by atoms with Crippen LogP contribution >= 0.6 is 0 Å². The third kappa shape index (κ3) is 1.56. The summed E-state index contributed by atoms with van der Waals surface area (Å²) in [6.07, 6.45) is 1.61. The van der Waals surface area contributed by atoms with Gasteiger partial charge in [0.05, 0.1) is 12.8 Å². The summed E-state index contributed by atoms with van der Waals surface area (Å²) >= 11 is 0. The predicted octanol–water partition coefficient (Wildman–Crippen LogP) is 1.45. The molecule has 2 rings (SSSR count). The van der Waals surface area contributed by atoms with Gasteiger partial charge in [0, 0.05) is 12.3 Å². The highest BCUT2D eigenvalue weighted by Gasteiger charge is 2.06. The van der Waals surface area contributed by atoms with Crippen LogP contribution in [0.1, 0.15) is 5.69 Å². The predicted molar refractivity (Wildman–Crippen MR) is 48.8 cm³/mol. The fraction of sp³-hybridized carbons (Fsp3) is 0.222.